The Kier molecular flexibility index (Phi) is 5.55. The zero-order valence-electron chi connectivity index (χ0n) is 13.6. The van der Waals surface area contributed by atoms with Gasteiger partial charge in [0.1, 0.15) is 5.76 Å². The van der Waals surface area contributed by atoms with E-state index in [1.807, 2.05) is 41.5 Å². The zero-order chi connectivity index (χ0) is 16.3. The van der Waals surface area contributed by atoms with Gasteiger partial charge in [-0.3, -0.25) is 9.53 Å². The quantitative estimate of drug-likeness (QED) is 0.894. The summed E-state index contributed by atoms with van der Waals surface area (Å²) < 4.78 is 16.7. The molecule has 120 valence electrons. The van der Waals surface area contributed by atoms with Gasteiger partial charge in [0.05, 0.1) is 0 Å². The van der Waals surface area contributed by atoms with Gasteiger partial charge in [0, 0.05) is 39.3 Å². The second-order valence-electron chi connectivity index (χ2n) is 6.87. The summed E-state index contributed by atoms with van der Waals surface area (Å²) >= 11 is 0. The molecular formula is C14H25N3O3S. The lowest BCUT2D eigenvalue weighted by Crippen LogP contribution is -2.35. The maximum atomic E-state index is 11.8. The molecule has 1 aromatic rings. The lowest BCUT2D eigenvalue weighted by Gasteiger charge is -2.17. The number of nitrogens with zero attached hydrogens (tertiary/aromatic N) is 1. The van der Waals surface area contributed by atoms with Gasteiger partial charge in [0.25, 0.3) is 0 Å². The summed E-state index contributed by atoms with van der Waals surface area (Å²) in [5, 5.41) is 9.05. The van der Waals surface area contributed by atoms with Crippen LogP contribution in [0.2, 0.25) is 0 Å². The third-order valence-electron chi connectivity index (χ3n) is 2.75. The van der Waals surface area contributed by atoms with Gasteiger partial charge < -0.3 is 9.84 Å². The first-order chi connectivity index (χ1) is 9.50. The second-order valence-corrected chi connectivity index (χ2v) is 9.19. The maximum absolute atomic E-state index is 11.8. The molecular weight excluding hydrogens is 290 g/mol. The SMILES string of the molecule is CC(C)(C)c1cc(NC(=O)NCC[S@@](=O)C(C)(C)C)no1. The molecule has 0 spiro atoms. The van der Waals surface area contributed by atoms with Gasteiger partial charge in [-0.05, 0) is 20.8 Å². The minimum atomic E-state index is -0.985. The Labute approximate surface area is 128 Å². The number of rotatable bonds is 4. The van der Waals surface area contributed by atoms with Crippen LogP contribution in [0.3, 0.4) is 0 Å². The Balaban J connectivity index is 2.41. The highest BCUT2D eigenvalue weighted by molar-refractivity contribution is 7.86. The van der Waals surface area contributed by atoms with Crippen LogP contribution in [0, 0.1) is 0 Å². The predicted octanol–water partition coefficient (Wildman–Crippen LogP) is 2.64. The topological polar surface area (TPSA) is 84.2 Å². The molecule has 1 rings (SSSR count). The first-order valence-corrected chi connectivity index (χ1v) is 8.22. The molecule has 2 amide bonds. The van der Waals surface area contributed by atoms with E-state index in [4.69, 9.17) is 4.52 Å². The average Bonchev–Trinajstić information content (AvgIpc) is 2.75. The molecule has 0 saturated carbocycles. The number of carbonyl (C=O) groups is 1. The highest BCUT2D eigenvalue weighted by Gasteiger charge is 2.21. The fourth-order valence-electron chi connectivity index (χ4n) is 1.41. The van der Waals surface area contributed by atoms with Gasteiger partial charge in [-0.2, -0.15) is 0 Å². The van der Waals surface area contributed by atoms with Crippen molar-refractivity contribution < 1.29 is 13.5 Å². The Hall–Kier alpha value is -1.37. The zero-order valence-corrected chi connectivity index (χ0v) is 14.4. The van der Waals surface area contributed by atoms with E-state index in [-0.39, 0.29) is 16.2 Å². The van der Waals surface area contributed by atoms with Crippen molar-refractivity contribution in [3.63, 3.8) is 0 Å². The van der Waals surface area contributed by atoms with Crippen LogP contribution >= 0.6 is 0 Å². The van der Waals surface area contributed by atoms with Crippen LogP contribution in [0.25, 0.3) is 0 Å². The van der Waals surface area contributed by atoms with Crippen molar-refractivity contribution in [1.29, 1.82) is 0 Å². The van der Waals surface area contributed by atoms with Crippen LogP contribution < -0.4 is 10.6 Å². The number of hydrogen-bond acceptors (Lipinski definition) is 4. The van der Waals surface area contributed by atoms with Gasteiger partial charge in [-0.25, -0.2) is 4.79 Å². The molecule has 7 heteroatoms. The Morgan fingerprint density at radius 2 is 1.90 bits per heavy atom. The number of anilines is 1. The average molecular weight is 315 g/mol. The van der Waals surface area contributed by atoms with Gasteiger partial charge in [0.2, 0.25) is 0 Å². The van der Waals surface area contributed by atoms with Gasteiger partial charge in [0.15, 0.2) is 5.82 Å². The summed E-state index contributed by atoms with van der Waals surface area (Å²) in [5.41, 5.74) is -0.160. The number of nitrogens with one attached hydrogen (secondary N) is 2. The molecule has 0 aliphatic rings. The van der Waals surface area contributed by atoms with Gasteiger partial charge >= 0.3 is 6.03 Å². The van der Waals surface area contributed by atoms with Crippen LogP contribution in [-0.2, 0) is 16.2 Å². The molecule has 0 unspecified atom stereocenters. The highest BCUT2D eigenvalue weighted by atomic mass is 32.2. The molecule has 1 atom stereocenters. The minimum Gasteiger partial charge on any atom is -0.359 e. The predicted molar refractivity (Wildman–Crippen MR) is 85.0 cm³/mol. The summed E-state index contributed by atoms with van der Waals surface area (Å²) in [6.07, 6.45) is 0. The normalized spacial score (nSPS) is 13.8. The molecule has 0 aliphatic heterocycles. The van der Waals surface area contributed by atoms with Crippen molar-refractivity contribution in [2.45, 2.75) is 51.7 Å². The summed E-state index contributed by atoms with van der Waals surface area (Å²) in [4.78, 5) is 11.7. The van der Waals surface area contributed by atoms with E-state index in [0.29, 0.717) is 23.9 Å². The van der Waals surface area contributed by atoms with E-state index >= 15 is 0 Å². The van der Waals surface area contributed by atoms with E-state index < -0.39 is 10.8 Å². The number of urea groups is 1. The Morgan fingerprint density at radius 3 is 2.38 bits per heavy atom. The molecule has 0 bridgehead atoms. The van der Waals surface area contributed by atoms with Crippen LogP contribution in [-0.4, -0.2) is 32.4 Å². The monoisotopic (exact) mass is 315 g/mol. The standard InChI is InChI=1S/C14H25N3O3S/c1-13(2,3)10-9-11(17-20-10)16-12(18)15-7-8-21(19)14(4,5)6/h9H,7-8H2,1-6H3,(H2,15,16,17,18)/t21-/m1/s1. The molecule has 0 fully saturated rings. The smallest absolute Gasteiger partial charge is 0.320 e. The molecule has 0 aliphatic carbocycles. The number of hydrogen-bond donors (Lipinski definition) is 2. The number of aromatic nitrogens is 1. The lowest BCUT2D eigenvalue weighted by molar-refractivity contribution is 0.252. The fourth-order valence-corrected chi connectivity index (χ4v) is 2.31. The lowest BCUT2D eigenvalue weighted by atomic mass is 9.93. The summed E-state index contributed by atoms with van der Waals surface area (Å²) in [6.45, 7) is 12.1. The molecule has 21 heavy (non-hydrogen) atoms. The van der Waals surface area contributed by atoms with Crippen molar-refractivity contribution in [3.05, 3.63) is 11.8 Å². The highest BCUT2D eigenvalue weighted by Crippen LogP contribution is 2.24. The number of carbonyl (C=O) groups excluding carboxylic acids is 1. The summed E-state index contributed by atoms with van der Waals surface area (Å²) in [7, 11) is -0.985. The third-order valence-corrected chi connectivity index (χ3v) is 4.69. The fraction of sp³-hybridized carbons (Fsp3) is 0.714. The first kappa shape index (κ1) is 17.7. The van der Waals surface area contributed by atoms with Crippen LogP contribution in [0.5, 0.6) is 0 Å². The Morgan fingerprint density at radius 1 is 1.29 bits per heavy atom. The third kappa shape index (κ3) is 5.87. The van der Waals surface area contributed by atoms with Crippen molar-refractivity contribution >= 4 is 22.6 Å². The molecule has 0 aromatic carbocycles. The second kappa shape index (κ2) is 6.60. The van der Waals surface area contributed by atoms with E-state index in [1.165, 1.54) is 0 Å². The summed E-state index contributed by atoms with van der Waals surface area (Å²) in [5.74, 6) is 1.49. The Bertz CT molecular complexity index is 512. The van der Waals surface area contributed by atoms with Crippen molar-refractivity contribution in [3.8, 4) is 0 Å². The van der Waals surface area contributed by atoms with Crippen molar-refractivity contribution in [2.24, 2.45) is 0 Å². The van der Waals surface area contributed by atoms with E-state index in [2.05, 4.69) is 15.8 Å². The first-order valence-electron chi connectivity index (χ1n) is 6.90. The van der Waals surface area contributed by atoms with Crippen LogP contribution in [0.15, 0.2) is 10.6 Å². The van der Waals surface area contributed by atoms with Crippen LogP contribution in [0.4, 0.5) is 10.6 Å². The van der Waals surface area contributed by atoms with E-state index in [0.717, 1.165) is 0 Å². The molecule has 0 radical (unpaired) electrons. The van der Waals surface area contributed by atoms with E-state index in [1.54, 1.807) is 6.07 Å². The number of amides is 2. The molecule has 0 saturated heterocycles. The van der Waals surface area contributed by atoms with E-state index in [9.17, 15) is 9.00 Å². The van der Waals surface area contributed by atoms with Crippen molar-refractivity contribution in [1.82, 2.24) is 10.5 Å². The minimum absolute atomic E-state index is 0.160. The summed E-state index contributed by atoms with van der Waals surface area (Å²) in [6, 6.07) is 1.32. The maximum Gasteiger partial charge on any atom is 0.320 e. The molecule has 6 nitrogen and oxygen atoms in total. The van der Waals surface area contributed by atoms with Crippen molar-refractivity contribution in [2.75, 3.05) is 17.6 Å². The largest absolute Gasteiger partial charge is 0.359 e. The van der Waals surface area contributed by atoms with Crippen LogP contribution in [0.1, 0.15) is 47.3 Å². The van der Waals surface area contributed by atoms with Gasteiger partial charge in [-0.15, -0.1) is 0 Å². The molecule has 1 heterocycles. The molecule has 2 N–H and O–H groups in total. The van der Waals surface area contributed by atoms with Gasteiger partial charge in [-0.1, -0.05) is 25.9 Å². The molecule has 1 aromatic heterocycles.